The lowest BCUT2D eigenvalue weighted by Crippen LogP contribution is -2.34. The number of carbonyl (C=O) groups is 1. The van der Waals surface area contributed by atoms with Crippen LogP contribution in [0.5, 0.6) is 17.2 Å². The molecule has 1 saturated heterocycles. The molecule has 0 bridgehead atoms. The monoisotopic (exact) mass is 424 g/mol. The molecule has 9 heteroatoms. The summed E-state index contributed by atoms with van der Waals surface area (Å²) in [4.78, 5) is 19.3. The van der Waals surface area contributed by atoms with Crippen molar-refractivity contribution in [1.82, 2.24) is 15.0 Å². The van der Waals surface area contributed by atoms with Gasteiger partial charge in [-0.05, 0) is 37.1 Å². The Kier molecular flexibility index (Phi) is 5.92. The number of ether oxygens (including phenoxy) is 3. The number of likely N-dealkylation sites (tertiary alicyclic amines) is 1. The fourth-order valence-electron chi connectivity index (χ4n) is 3.62. The Bertz CT molecular complexity index is 1070. The number of hydrogen-bond donors (Lipinski definition) is 1. The zero-order chi connectivity index (χ0) is 21.8. The summed E-state index contributed by atoms with van der Waals surface area (Å²) in [6, 6.07) is 12.1. The molecule has 1 atom stereocenters. The van der Waals surface area contributed by atoms with Crippen molar-refractivity contribution in [3.63, 3.8) is 0 Å². The Hall–Kier alpha value is -3.75. The Balaban J connectivity index is 1.53. The van der Waals surface area contributed by atoms with Gasteiger partial charge in [0.15, 0.2) is 0 Å². The van der Waals surface area contributed by atoms with Gasteiger partial charge in [-0.3, -0.25) is 0 Å². The van der Waals surface area contributed by atoms with Gasteiger partial charge in [-0.15, -0.1) is 0 Å². The standard InChI is InChI=1S/C22H24N4O5/c1-28-15-7-4-6-14(12-15)20-24-21(31-25-20)18-8-5-11-26(18)22(27)23-17-13-16(29-2)9-10-19(17)30-3/h4,6-7,9-10,12-13,18H,5,8,11H2,1-3H3,(H,23,27)/t18-/m0/s1. The lowest BCUT2D eigenvalue weighted by molar-refractivity contribution is 0.193. The molecule has 1 fully saturated rings. The van der Waals surface area contributed by atoms with Crippen LogP contribution >= 0.6 is 0 Å². The number of methoxy groups -OCH3 is 3. The summed E-state index contributed by atoms with van der Waals surface area (Å²) < 4.78 is 21.4. The second-order valence-electron chi connectivity index (χ2n) is 7.04. The van der Waals surface area contributed by atoms with Gasteiger partial charge in [0.25, 0.3) is 0 Å². The molecule has 2 aromatic carbocycles. The first kappa shape index (κ1) is 20.5. The fourth-order valence-corrected chi connectivity index (χ4v) is 3.62. The minimum atomic E-state index is -0.302. The van der Waals surface area contributed by atoms with Gasteiger partial charge in [-0.1, -0.05) is 17.3 Å². The third kappa shape index (κ3) is 4.25. The minimum absolute atomic E-state index is 0.268. The van der Waals surface area contributed by atoms with Gasteiger partial charge in [0.2, 0.25) is 11.7 Å². The van der Waals surface area contributed by atoms with E-state index in [1.807, 2.05) is 24.3 Å². The maximum Gasteiger partial charge on any atom is 0.322 e. The Morgan fingerprint density at radius 2 is 1.90 bits per heavy atom. The second-order valence-corrected chi connectivity index (χ2v) is 7.04. The molecule has 0 saturated carbocycles. The van der Waals surface area contributed by atoms with Crippen molar-refractivity contribution in [2.24, 2.45) is 0 Å². The van der Waals surface area contributed by atoms with E-state index in [-0.39, 0.29) is 12.1 Å². The van der Waals surface area contributed by atoms with E-state index in [0.717, 1.165) is 18.4 Å². The molecule has 1 aromatic heterocycles. The number of nitrogens with one attached hydrogen (secondary N) is 1. The van der Waals surface area contributed by atoms with E-state index in [9.17, 15) is 4.79 Å². The van der Waals surface area contributed by atoms with E-state index in [4.69, 9.17) is 18.7 Å². The minimum Gasteiger partial charge on any atom is -0.497 e. The van der Waals surface area contributed by atoms with Crippen LogP contribution in [0.15, 0.2) is 47.0 Å². The topological polar surface area (TPSA) is 99.0 Å². The normalized spacial score (nSPS) is 15.6. The van der Waals surface area contributed by atoms with Crippen LogP contribution in [0.1, 0.15) is 24.8 Å². The molecule has 31 heavy (non-hydrogen) atoms. The maximum atomic E-state index is 13.0. The molecule has 3 aromatic rings. The molecule has 0 radical (unpaired) electrons. The Morgan fingerprint density at radius 1 is 1.10 bits per heavy atom. The van der Waals surface area contributed by atoms with E-state index >= 15 is 0 Å². The van der Waals surface area contributed by atoms with Crippen LogP contribution in [0.3, 0.4) is 0 Å². The van der Waals surface area contributed by atoms with Crippen molar-refractivity contribution in [3.05, 3.63) is 48.4 Å². The SMILES string of the molecule is COc1cccc(-c2noc([C@@H]3CCCN3C(=O)Nc3cc(OC)ccc3OC)n2)c1. The Morgan fingerprint density at radius 3 is 2.68 bits per heavy atom. The predicted octanol–water partition coefficient (Wildman–Crippen LogP) is 4.13. The summed E-state index contributed by atoms with van der Waals surface area (Å²) in [5.41, 5.74) is 1.31. The summed E-state index contributed by atoms with van der Waals surface area (Å²) >= 11 is 0. The molecule has 4 rings (SSSR count). The van der Waals surface area contributed by atoms with E-state index < -0.39 is 0 Å². The molecular formula is C22H24N4O5. The van der Waals surface area contributed by atoms with E-state index in [1.165, 1.54) is 0 Å². The van der Waals surface area contributed by atoms with Crippen molar-refractivity contribution < 1.29 is 23.5 Å². The van der Waals surface area contributed by atoms with Gasteiger partial charge in [0, 0.05) is 18.2 Å². The zero-order valence-corrected chi connectivity index (χ0v) is 17.6. The van der Waals surface area contributed by atoms with Gasteiger partial charge in [-0.2, -0.15) is 4.98 Å². The molecule has 9 nitrogen and oxygen atoms in total. The number of amides is 2. The highest BCUT2D eigenvalue weighted by atomic mass is 16.5. The van der Waals surface area contributed by atoms with Crippen LogP contribution in [0, 0.1) is 0 Å². The van der Waals surface area contributed by atoms with E-state index in [2.05, 4.69) is 15.5 Å². The largest absolute Gasteiger partial charge is 0.497 e. The maximum absolute atomic E-state index is 13.0. The van der Waals surface area contributed by atoms with Crippen LogP contribution in [0.4, 0.5) is 10.5 Å². The smallest absolute Gasteiger partial charge is 0.322 e. The number of benzene rings is 2. The number of urea groups is 1. The van der Waals surface area contributed by atoms with Crippen molar-refractivity contribution >= 4 is 11.7 Å². The number of carbonyl (C=O) groups excluding carboxylic acids is 1. The molecular weight excluding hydrogens is 400 g/mol. The van der Waals surface area contributed by atoms with Crippen molar-refractivity contribution in [2.75, 3.05) is 33.2 Å². The molecule has 0 aliphatic carbocycles. The van der Waals surface area contributed by atoms with E-state index in [1.54, 1.807) is 44.4 Å². The van der Waals surface area contributed by atoms with Crippen molar-refractivity contribution in [2.45, 2.75) is 18.9 Å². The predicted molar refractivity (Wildman–Crippen MR) is 114 cm³/mol. The van der Waals surface area contributed by atoms with Gasteiger partial charge in [-0.25, -0.2) is 4.79 Å². The summed E-state index contributed by atoms with van der Waals surface area (Å²) in [7, 11) is 4.72. The number of aromatic nitrogens is 2. The highest BCUT2D eigenvalue weighted by Gasteiger charge is 2.34. The van der Waals surface area contributed by atoms with Gasteiger partial charge in [0.1, 0.15) is 23.3 Å². The summed E-state index contributed by atoms with van der Waals surface area (Å²) in [5.74, 6) is 2.73. The van der Waals surface area contributed by atoms with Crippen LogP contribution in [-0.2, 0) is 0 Å². The summed E-state index contributed by atoms with van der Waals surface area (Å²) in [6.07, 6.45) is 1.58. The number of rotatable bonds is 6. The first-order valence-corrected chi connectivity index (χ1v) is 9.90. The molecule has 0 spiro atoms. The first-order chi connectivity index (χ1) is 15.1. The molecule has 2 amide bonds. The first-order valence-electron chi connectivity index (χ1n) is 9.90. The number of nitrogens with zero attached hydrogens (tertiary/aromatic N) is 3. The van der Waals surface area contributed by atoms with Gasteiger partial charge < -0.3 is 29.0 Å². The molecule has 162 valence electrons. The summed E-state index contributed by atoms with van der Waals surface area (Å²) in [6.45, 7) is 0.583. The second kappa shape index (κ2) is 8.95. The Labute approximate surface area is 179 Å². The quantitative estimate of drug-likeness (QED) is 0.635. The van der Waals surface area contributed by atoms with Gasteiger partial charge >= 0.3 is 6.03 Å². The number of anilines is 1. The van der Waals surface area contributed by atoms with Crippen LogP contribution in [-0.4, -0.2) is 48.9 Å². The van der Waals surface area contributed by atoms with Crippen molar-refractivity contribution in [1.29, 1.82) is 0 Å². The lowest BCUT2D eigenvalue weighted by Gasteiger charge is -2.23. The van der Waals surface area contributed by atoms with Crippen molar-refractivity contribution in [3.8, 4) is 28.6 Å². The molecule has 1 N–H and O–H groups in total. The van der Waals surface area contributed by atoms with Crippen LogP contribution in [0.2, 0.25) is 0 Å². The number of hydrogen-bond acceptors (Lipinski definition) is 7. The van der Waals surface area contributed by atoms with E-state index in [0.29, 0.717) is 41.2 Å². The third-order valence-corrected chi connectivity index (χ3v) is 5.22. The zero-order valence-electron chi connectivity index (χ0n) is 17.6. The lowest BCUT2D eigenvalue weighted by atomic mass is 10.2. The van der Waals surface area contributed by atoms with Gasteiger partial charge in [0.05, 0.1) is 27.0 Å². The van der Waals surface area contributed by atoms with Crippen LogP contribution in [0.25, 0.3) is 11.4 Å². The highest BCUT2D eigenvalue weighted by Crippen LogP contribution is 2.34. The van der Waals surface area contributed by atoms with Crippen LogP contribution < -0.4 is 19.5 Å². The highest BCUT2D eigenvalue weighted by molar-refractivity contribution is 5.91. The molecule has 0 unspecified atom stereocenters. The molecule has 1 aliphatic rings. The average Bonchev–Trinajstić information content (AvgIpc) is 3.48. The summed E-state index contributed by atoms with van der Waals surface area (Å²) in [5, 5.41) is 7.00. The molecule has 1 aliphatic heterocycles. The average molecular weight is 424 g/mol. The fraction of sp³-hybridized carbons (Fsp3) is 0.318. The third-order valence-electron chi connectivity index (χ3n) is 5.22. The molecule has 2 heterocycles.